The summed E-state index contributed by atoms with van der Waals surface area (Å²) in [6.45, 7) is 2.65. The molecule has 26 heavy (non-hydrogen) atoms. The number of likely N-dealkylation sites (tertiary alicyclic amines) is 1. The molecule has 1 aromatic carbocycles. The van der Waals surface area contributed by atoms with Crippen molar-refractivity contribution >= 4 is 34.0 Å². The minimum Gasteiger partial charge on any atom is -0.374 e. The second kappa shape index (κ2) is 6.35. The molecule has 1 spiro atoms. The van der Waals surface area contributed by atoms with Crippen LogP contribution < -0.4 is 11.1 Å². The molecule has 2 amide bonds. The van der Waals surface area contributed by atoms with E-state index in [4.69, 9.17) is 5.73 Å². The van der Waals surface area contributed by atoms with E-state index in [1.165, 1.54) is 11.3 Å². The molecule has 3 heterocycles. The summed E-state index contributed by atoms with van der Waals surface area (Å²) >= 11 is 1.23. The molecule has 0 aliphatic carbocycles. The number of nitrogens with one attached hydrogen (secondary N) is 1. The van der Waals surface area contributed by atoms with Crippen LogP contribution in [-0.2, 0) is 21.4 Å². The van der Waals surface area contributed by atoms with Crippen molar-refractivity contribution in [2.45, 2.75) is 44.1 Å². The quantitative estimate of drug-likeness (QED) is 0.855. The topological polar surface area (TPSA) is 101 Å². The number of carbonyl (C=O) groups is 2. The van der Waals surface area contributed by atoms with Gasteiger partial charge in [0.25, 0.3) is 0 Å². The second-order valence-electron chi connectivity index (χ2n) is 6.82. The first-order valence-electron chi connectivity index (χ1n) is 8.84. The predicted octanol–water partition coefficient (Wildman–Crippen LogP) is 1.95. The maximum absolute atomic E-state index is 13.0. The molecule has 2 aliphatic heterocycles. The molecule has 1 saturated heterocycles. The van der Waals surface area contributed by atoms with Crippen molar-refractivity contribution in [3.63, 3.8) is 0 Å². The van der Waals surface area contributed by atoms with Crippen molar-refractivity contribution in [3.8, 4) is 0 Å². The monoisotopic (exact) mass is 371 g/mol. The van der Waals surface area contributed by atoms with Gasteiger partial charge < -0.3 is 16.0 Å². The predicted molar refractivity (Wildman–Crippen MR) is 99.8 cm³/mol. The molecule has 2 aliphatic rings. The first-order valence-corrected chi connectivity index (χ1v) is 9.66. The number of nitrogens with two attached hydrogens (primary N) is 1. The van der Waals surface area contributed by atoms with Crippen LogP contribution in [0.15, 0.2) is 24.3 Å². The number of nitrogens with zero attached hydrogens (tertiary/aromatic N) is 3. The lowest BCUT2D eigenvalue weighted by molar-refractivity contribution is -0.132. The fourth-order valence-corrected chi connectivity index (χ4v) is 4.95. The number of hydrogen-bond donors (Lipinski definition) is 2. The Labute approximate surface area is 155 Å². The summed E-state index contributed by atoms with van der Waals surface area (Å²) < 4.78 is 0. The third kappa shape index (κ3) is 2.47. The molecule has 7 nitrogen and oxygen atoms in total. The van der Waals surface area contributed by atoms with Gasteiger partial charge in [-0.25, -0.2) is 0 Å². The van der Waals surface area contributed by atoms with Crippen LogP contribution in [0.2, 0.25) is 0 Å². The van der Waals surface area contributed by atoms with Gasteiger partial charge >= 0.3 is 0 Å². The minimum atomic E-state index is -0.650. The van der Waals surface area contributed by atoms with Gasteiger partial charge in [-0.1, -0.05) is 42.9 Å². The first kappa shape index (κ1) is 17.0. The van der Waals surface area contributed by atoms with Gasteiger partial charge in [-0.3, -0.25) is 9.59 Å². The van der Waals surface area contributed by atoms with E-state index in [2.05, 4.69) is 22.4 Å². The summed E-state index contributed by atoms with van der Waals surface area (Å²) in [6.07, 6.45) is 2.50. The highest BCUT2D eigenvalue weighted by Crippen LogP contribution is 2.49. The summed E-state index contributed by atoms with van der Waals surface area (Å²) in [6, 6.07) is 7.67. The Morgan fingerprint density at radius 1 is 1.42 bits per heavy atom. The van der Waals surface area contributed by atoms with E-state index in [0.29, 0.717) is 23.1 Å². The number of fused-ring (bicyclic) bond motifs is 2. The van der Waals surface area contributed by atoms with E-state index >= 15 is 0 Å². The number of benzene rings is 1. The lowest BCUT2D eigenvalue weighted by Crippen LogP contribution is -2.49. The Bertz CT molecular complexity index is 867. The molecule has 4 rings (SSSR count). The third-order valence-corrected chi connectivity index (χ3v) is 6.17. The fourth-order valence-electron chi connectivity index (χ4n) is 4.34. The molecule has 136 valence electrons. The number of amides is 2. The lowest BCUT2D eigenvalue weighted by Gasteiger charge is -2.34. The van der Waals surface area contributed by atoms with Gasteiger partial charge in [0.15, 0.2) is 0 Å². The van der Waals surface area contributed by atoms with E-state index < -0.39 is 5.41 Å². The van der Waals surface area contributed by atoms with Crippen molar-refractivity contribution in [1.29, 1.82) is 0 Å². The Balaban J connectivity index is 1.66. The Kier molecular flexibility index (Phi) is 4.14. The maximum atomic E-state index is 13.0. The Morgan fingerprint density at radius 2 is 2.23 bits per heavy atom. The van der Waals surface area contributed by atoms with Crippen molar-refractivity contribution in [3.05, 3.63) is 34.8 Å². The van der Waals surface area contributed by atoms with Crippen LogP contribution in [0.4, 0.5) is 10.8 Å². The second-order valence-corrected chi connectivity index (χ2v) is 7.92. The van der Waals surface area contributed by atoms with Crippen LogP contribution in [0.1, 0.15) is 36.8 Å². The normalized spacial score (nSPS) is 24.1. The molecule has 1 aromatic heterocycles. The van der Waals surface area contributed by atoms with E-state index in [1.807, 2.05) is 29.2 Å². The van der Waals surface area contributed by atoms with Crippen LogP contribution in [0.5, 0.6) is 0 Å². The van der Waals surface area contributed by atoms with Crippen LogP contribution in [0, 0.1) is 0 Å². The highest BCUT2D eigenvalue weighted by Gasteiger charge is 2.58. The standard InChI is InChI=1S/C18H21N5O2S/c1-2-5-13-18(11-6-3-4-7-12(11)20-16(18)25)8-9-23(13)15(24)10-14-21-22-17(19)26-14/h3-4,6-7,13H,2,5,8-10H2,1H3,(H2,19,22)(H,20,25)/t13-,18+/m0/s1. The summed E-state index contributed by atoms with van der Waals surface area (Å²) in [4.78, 5) is 27.8. The molecule has 2 aromatic rings. The molecule has 0 radical (unpaired) electrons. The molecule has 0 unspecified atom stereocenters. The molecule has 0 saturated carbocycles. The summed E-state index contributed by atoms with van der Waals surface area (Å²) in [5.74, 6) is -0.0127. The molecular formula is C18H21N5O2S. The van der Waals surface area contributed by atoms with Gasteiger partial charge in [0, 0.05) is 12.2 Å². The molecule has 0 bridgehead atoms. The summed E-state index contributed by atoms with van der Waals surface area (Å²) in [5.41, 5.74) is 6.84. The third-order valence-electron chi connectivity index (χ3n) is 5.42. The minimum absolute atomic E-state index is 0.00705. The van der Waals surface area contributed by atoms with Crippen molar-refractivity contribution in [2.24, 2.45) is 0 Å². The Morgan fingerprint density at radius 3 is 2.96 bits per heavy atom. The zero-order valence-electron chi connectivity index (χ0n) is 14.6. The molecule has 3 N–H and O–H groups in total. The SMILES string of the molecule is CCC[C@@H]1N(C(=O)Cc2nnc(N)s2)CC[C@]12C(=O)Nc1ccccc12. The van der Waals surface area contributed by atoms with Crippen molar-refractivity contribution < 1.29 is 9.59 Å². The van der Waals surface area contributed by atoms with Crippen LogP contribution in [0.3, 0.4) is 0 Å². The summed E-state index contributed by atoms with van der Waals surface area (Å²) in [5, 5.41) is 11.7. The van der Waals surface area contributed by atoms with Crippen LogP contribution in [-0.4, -0.2) is 39.5 Å². The van der Waals surface area contributed by atoms with Gasteiger partial charge in [-0.2, -0.15) is 0 Å². The van der Waals surface area contributed by atoms with E-state index in [0.717, 1.165) is 24.1 Å². The van der Waals surface area contributed by atoms with E-state index in [1.54, 1.807) is 0 Å². The molecule has 2 atom stereocenters. The van der Waals surface area contributed by atoms with Crippen LogP contribution in [0.25, 0.3) is 0 Å². The average Bonchev–Trinajstić information content (AvgIpc) is 3.27. The molecular weight excluding hydrogens is 350 g/mol. The number of nitrogen functional groups attached to an aromatic ring is 1. The van der Waals surface area contributed by atoms with Gasteiger partial charge in [-0.15, -0.1) is 10.2 Å². The van der Waals surface area contributed by atoms with Crippen molar-refractivity contribution in [2.75, 3.05) is 17.6 Å². The number of carbonyl (C=O) groups excluding carboxylic acids is 2. The Hall–Kier alpha value is -2.48. The first-order chi connectivity index (χ1) is 12.6. The lowest BCUT2D eigenvalue weighted by atomic mass is 9.73. The number of hydrogen-bond acceptors (Lipinski definition) is 6. The zero-order chi connectivity index (χ0) is 18.3. The number of aromatic nitrogens is 2. The highest BCUT2D eigenvalue weighted by molar-refractivity contribution is 7.15. The largest absolute Gasteiger partial charge is 0.374 e. The van der Waals surface area contributed by atoms with E-state index in [-0.39, 0.29) is 24.3 Å². The molecule has 8 heteroatoms. The zero-order valence-corrected chi connectivity index (χ0v) is 15.4. The number of para-hydroxylation sites is 1. The van der Waals surface area contributed by atoms with Crippen molar-refractivity contribution in [1.82, 2.24) is 15.1 Å². The van der Waals surface area contributed by atoms with Gasteiger partial charge in [0.1, 0.15) is 5.01 Å². The maximum Gasteiger partial charge on any atom is 0.237 e. The smallest absolute Gasteiger partial charge is 0.237 e. The average molecular weight is 371 g/mol. The van der Waals surface area contributed by atoms with Gasteiger partial charge in [-0.05, 0) is 24.5 Å². The van der Waals surface area contributed by atoms with Crippen LogP contribution >= 0.6 is 11.3 Å². The number of anilines is 2. The summed E-state index contributed by atoms with van der Waals surface area (Å²) in [7, 11) is 0. The molecule has 1 fully saturated rings. The highest BCUT2D eigenvalue weighted by atomic mass is 32.1. The van der Waals surface area contributed by atoms with Gasteiger partial charge in [0.2, 0.25) is 16.9 Å². The fraction of sp³-hybridized carbons (Fsp3) is 0.444. The van der Waals surface area contributed by atoms with E-state index in [9.17, 15) is 9.59 Å². The number of rotatable bonds is 4. The van der Waals surface area contributed by atoms with Gasteiger partial charge in [0.05, 0.1) is 17.9 Å².